The van der Waals surface area contributed by atoms with Crippen LogP contribution in [0, 0.1) is 0 Å². The molecule has 0 amide bonds. The maximum atomic E-state index is 11.7. The maximum absolute atomic E-state index is 11.7. The largest absolute Gasteiger partial charge is 0.497 e. The molecule has 1 saturated heterocycles. The highest BCUT2D eigenvalue weighted by molar-refractivity contribution is 7.90. The topological polar surface area (TPSA) is 58.6 Å². The summed E-state index contributed by atoms with van der Waals surface area (Å²) in [6, 6.07) is 6.98. The van der Waals surface area contributed by atoms with Gasteiger partial charge >= 0.3 is 10.2 Å². The van der Waals surface area contributed by atoms with Gasteiger partial charge in [-0.05, 0) is 30.7 Å². The zero-order valence-corrected chi connectivity index (χ0v) is 9.83. The van der Waals surface area contributed by atoms with Crippen molar-refractivity contribution < 1.29 is 13.2 Å². The van der Waals surface area contributed by atoms with Gasteiger partial charge < -0.3 is 4.74 Å². The third-order valence-corrected chi connectivity index (χ3v) is 4.02. The van der Waals surface area contributed by atoms with Gasteiger partial charge in [-0.15, -0.1) is 0 Å². The zero-order chi connectivity index (χ0) is 11.6. The fourth-order valence-electron chi connectivity index (χ4n) is 1.64. The Hall–Kier alpha value is -1.27. The molecule has 0 aliphatic carbocycles. The molecule has 1 fully saturated rings. The van der Waals surface area contributed by atoms with E-state index in [2.05, 4.69) is 4.72 Å². The molecule has 0 bridgehead atoms. The first-order valence-electron chi connectivity index (χ1n) is 5.05. The summed E-state index contributed by atoms with van der Waals surface area (Å²) in [6.07, 6.45) is 0.811. The molecule has 0 spiro atoms. The number of nitrogens with zero attached hydrogens (tertiary/aromatic N) is 1. The van der Waals surface area contributed by atoms with Crippen LogP contribution in [0.5, 0.6) is 5.75 Å². The normalized spacial score (nSPS) is 19.4. The molecule has 1 N–H and O–H groups in total. The van der Waals surface area contributed by atoms with E-state index in [-0.39, 0.29) is 0 Å². The van der Waals surface area contributed by atoms with Gasteiger partial charge in [-0.3, -0.25) is 4.31 Å². The Labute approximate surface area is 95.2 Å². The fraction of sp³-hybridized carbons (Fsp3) is 0.400. The number of ether oxygens (including phenoxy) is 1. The lowest BCUT2D eigenvalue weighted by Gasteiger charge is -2.28. The molecule has 0 aromatic heterocycles. The number of rotatable bonds is 2. The number of anilines is 1. The molecule has 1 aromatic rings. The third-order valence-electron chi connectivity index (χ3n) is 2.47. The van der Waals surface area contributed by atoms with E-state index in [1.54, 1.807) is 31.4 Å². The van der Waals surface area contributed by atoms with Gasteiger partial charge in [0.05, 0.1) is 12.8 Å². The van der Waals surface area contributed by atoms with E-state index in [4.69, 9.17) is 4.74 Å². The van der Waals surface area contributed by atoms with E-state index in [1.807, 2.05) is 0 Å². The number of hydrogen-bond donors (Lipinski definition) is 1. The predicted molar refractivity (Wildman–Crippen MR) is 61.9 cm³/mol. The molecule has 1 aliphatic heterocycles. The quantitative estimate of drug-likeness (QED) is 0.832. The molecule has 0 unspecified atom stereocenters. The number of benzene rings is 1. The molecule has 5 nitrogen and oxygen atoms in total. The minimum absolute atomic E-state index is 0.509. The second-order valence-electron chi connectivity index (χ2n) is 3.52. The standard InChI is InChI=1S/C10H14N2O3S/c1-15-10-5-3-9(4-6-10)12-8-2-7-11-16(12,13)14/h3-6,11H,2,7-8H2,1H3. The Kier molecular flexibility index (Phi) is 3.02. The number of hydrogen-bond acceptors (Lipinski definition) is 3. The van der Waals surface area contributed by atoms with Gasteiger partial charge in [-0.2, -0.15) is 13.1 Å². The van der Waals surface area contributed by atoms with Gasteiger partial charge in [0.1, 0.15) is 5.75 Å². The average Bonchev–Trinajstić information content (AvgIpc) is 2.29. The van der Waals surface area contributed by atoms with Crippen LogP contribution in [0.3, 0.4) is 0 Å². The molecular formula is C10H14N2O3S. The van der Waals surface area contributed by atoms with Gasteiger partial charge in [0.25, 0.3) is 0 Å². The van der Waals surface area contributed by atoms with Crippen molar-refractivity contribution in [2.75, 3.05) is 24.5 Å². The van der Waals surface area contributed by atoms with Crippen molar-refractivity contribution in [3.8, 4) is 5.75 Å². The minimum atomic E-state index is -3.35. The van der Waals surface area contributed by atoms with Crippen molar-refractivity contribution in [2.45, 2.75) is 6.42 Å². The number of nitrogens with one attached hydrogen (secondary N) is 1. The lowest BCUT2D eigenvalue weighted by molar-refractivity contribution is 0.415. The SMILES string of the molecule is COc1ccc(N2CCCNS2(=O)=O)cc1. The van der Waals surface area contributed by atoms with E-state index >= 15 is 0 Å². The van der Waals surface area contributed by atoms with Crippen molar-refractivity contribution in [1.82, 2.24) is 4.72 Å². The molecular weight excluding hydrogens is 228 g/mol. The Morgan fingerprint density at radius 3 is 2.56 bits per heavy atom. The molecule has 1 heterocycles. The van der Waals surface area contributed by atoms with Crippen LogP contribution in [0.4, 0.5) is 5.69 Å². The van der Waals surface area contributed by atoms with Gasteiger partial charge in [0.15, 0.2) is 0 Å². The van der Waals surface area contributed by atoms with Crippen LogP contribution in [0.25, 0.3) is 0 Å². The lowest BCUT2D eigenvalue weighted by Crippen LogP contribution is -2.47. The highest BCUT2D eigenvalue weighted by Crippen LogP contribution is 2.22. The van der Waals surface area contributed by atoms with Gasteiger partial charge in [0, 0.05) is 13.1 Å². The smallest absolute Gasteiger partial charge is 0.301 e. The summed E-state index contributed by atoms with van der Waals surface area (Å²) in [4.78, 5) is 0. The van der Waals surface area contributed by atoms with Crippen molar-refractivity contribution >= 4 is 15.9 Å². The van der Waals surface area contributed by atoms with Gasteiger partial charge in [-0.1, -0.05) is 0 Å². The highest BCUT2D eigenvalue weighted by atomic mass is 32.2. The fourth-order valence-corrected chi connectivity index (χ4v) is 2.97. The predicted octanol–water partition coefficient (Wildman–Crippen LogP) is 0.740. The van der Waals surface area contributed by atoms with E-state index in [1.165, 1.54) is 4.31 Å². The summed E-state index contributed by atoms with van der Waals surface area (Å²) in [5.74, 6) is 0.714. The third kappa shape index (κ3) is 2.12. The Balaban J connectivity index is 2.28. The van der Waals surface area contributed by atoms with E-state index < -0.39 is 10.2 Å². The summed E-state index contributed by atoms with van der Waals surface area (Å²) >= 11 is 0. The Bertz CT molecular complexity index is 455. The summed E-state index contributed by atoms with van der Waals surface area (Å²) in [5.41, 5.74) is 0.660. The second kappa shape index (κ2) is 4.31. The van der Waals surface area contributed by atoms with Crippen LogP contribution in [0.1, 0.15) is 6.42 Å². The maximum Gasteiger partial charge on any atom is 0.301 e. The Morgan fingerprint density at radius 2 is 2.00 bits per heavy atom. The molecule has 16 heavy (non-hydrogen) atoms. The average molecular weight is 242 g/mol. The van der Waals surface area contributed by atoms with Crippen LogP contribution in [0.15, 0.2) is 24.3 Å². The van der Waals surface area contributed by atoms with E-state index in [0.717, 1.165) is 6.42 Å². The summed E-state index contributed by atoms with van der Waals surface area (Å²) in [7, 11) is -1.78. The first-order chi connectivity index (χ1) is 7.63. The van der Waals surface area contributed by atoms with Gasteiger partial charge in [0.2, 0.25) is 0 Å². The summed E-state index contributed by atoms with van der Waals surface area (Å²) < 4.78 is 32.3. The van der Waals surface area contributed by atoms with Crippen LogP contribution in [-0.4, -0.2) is 28.6 Å². The van der Waals surface area contributed by atoms with Crippen LogP contribution in [-0.2, 0) is 10.2 Å². The zero-order valence-electron chi connectivity index (χ0n) is 9.01. The summed E-state index contributed by atoms with van der Waals surface area (Å²) in [5, 5.41) is 0. The minimum Gasteiger partial charge on any atom is -0.497 e. The lowest BCUT2D eigenvalue weighted by atomic mass is 10.3. The van der Waals surface area contributed by atoms with E-state index in [0.29, 0.717) is 24.5 Å². The van der Waals surface area contributed by atoms with Gasteiger partial charge in [-0.25, -0.2) is 0 Å². The van der Waals surface area contributed by atoms with Crippen molar-refractivity contribution in [1.29, 1.82) is 0 Å². The second-order valence-corrected chi connectivity index (χ2v) is 5.20. The van der Waals surface area contributed by atoms with Crippen LogP contribution in [0.2, 0.25) is 0 Å². The summed E-state index contributed by atoms with van der Waals surface area (Å²) in [6.45, 7) is 1.02. The first kappa shape index (κ1) is 11.2. The highest BCUT2D eigenvalue weighted by Gasteiger charge is 2.25. The molecule has 1 aliphatic rings. The van der Waals surface area contributed by atoms with Crippen LogP contribution < -0.4 is 13.8 Å². The molecule has 0 saturated carbocycles. The molecule has 88 valence electrons. The molecule has 1 aromatic carbocycles. The molecule has 6 heteroatoms. The van der Waals surface area contributed by atoms with E-state index in [9.17, 15) is 8.42 Å². The monoisotopic (exact) mass is 242 g/mol. The number of methoxy groups -OCH3 is 1. The molecule has 0 atom stereocenters. The Morgan fingerprint density at radius 1 is 1.31 bits per heavy atom. The molecule has 0 radical (unpaired) electrons. The van der Waals surface area contributed by atoms with Crippen molar-refractivity contribution in [3.05, 3.63) is 24.3 Å². The van der Waals surface area contributed by atoms with Crippen molar-refractivity contribution in [2.24, 2.45) is 0 Å². The first-order valence-corrected chi connectivity index (χ1v) is 6.49. The van der Waals surface area contributed by atoms with Crippen molar-refractivity contribution in [3.63, 3.8) is 0 Å². The van der Waals surface area contributed by atoms with Crippen LogP contribution >= 0.6 is 0 Å². The molecule has 2 rings (SSSR count).